The van der Waals surface area contributed by atoms with Gasteiger partial charge in [0.15, 0.2) is 0 Å². The fraction of sp³-hybridized carbons (Fsp3) is 0.632. The van der Waals surface area contributed by atoms with Gasteiger partial charge in [0, 0.05) is 12.1 Å². The van der Waals surface area contributed by atoms with Crippen LogP contribution in [-0.2, 0) is 11.3 Å². The second-order valence-electron chi connectivity index (χ2n) is 7.39. The lowest BCUT2D eigenvalue weighted by Crippen LogP contribution is -2.41. The van der Waals surface area contributed by atoms with Gasteiger partial charge >= 0.3 is 0 Å². The molecule has 7 heteroatoms. The van der Waals surface area contributed by atoms with Gasteiger partial charge in [-0.2, -0.15) is 5.10 Å². The average Bonchev–Trinajstić information content (AvgIpc) is 3.02. The van der Waals surface area contributed by atoms with Crippen LogP contribution < -0.4 is 10.9 Å². The molecule has 2 heterocycles. The van der Waals surface area contributed by atoms with Crippen LogP contribution in [0.1, 0.15) is 70.7 Å². The molecule has 144 valence electrons. The van der Waals surface area contributed by atoms with Crippen LogP contribution in [-0.4, -0.2) is 37.8 Å². The van der Waals surface area contributed by atoms with Crippen molar-refractivity contribution in [2.75, 3.05) is 6.61 Å². The van der Waals surface area contributed by atoms with Crippen LogP contribution in [0, 0.1) is 0 Å². The van der Waals surface area contributed by atoms with E-state index in [1.807, 2.05) is 37.4 Å². The molecule has 0 spiro atoms. The lowest BCUT2D eigenvalue weighted by Gasteiger charge is -2.16. The van der Waals surface area contributed by atoms with Crippen LogP contribution in [0.4, 0.5) is 0 Å². The van der Waals surface area contributed by atoms with Gasteiger partial charge in [0.2, 0.25) is 5.91 Å². The topological polar surface area (TPSA) is 88.6 Å². The van der Waals surface area contributed by atoms with E-state index in [1.165, 1.54) is 4.68 Å². The number of aliphatic hydroxyl groups excluding tert-OH is 1. The van der Waals surface area contributed by atoms with Crippen molar-refractivity contribution in [3.8, 4) is 0 Å². The van der Waals surface area contributed by atoms with Crippen LogP contribution in [0.5, 0.6) is 0 Å². The molecule has 2 aromatic rings. The van der Waals surface area contributed by atoms with E-state index in [2.05, 4.69) is 24.3 Å². The third-order valence-electron chi connectivity index (χ3n) is 4.46. The Balaban J connectivity index is 2.39. The second kappa shape index (κ2) is 8.49. The smallest absolute Gasteiger partial charge is 0.291 e. The van der Waals surface area contributed by atoms with Crippen molar-refractivity contribution < 1.29 is 9.90 Å². The number of aromatic nitrogens is 3. The first kappa shape index (κ1) is 20.2. The minimum absolute atomic E-state index is 0.102. The monoisotopic (exact) mass is 362 g/mol. The first-order chi connectivity index (χ1) is 12.3. The number of carbonyl (C=O) groups is 1. The maximum Gasteiger partial charge on any atom is 0.291 e. The Hall–Kier alpha value is -2.15. The summed E-state index contributed by atoms with van der Waals surface area (Å²) in [4.78, 5) is 25.1. The van der Waals surface area contributed by atoms with Gasteiger partial charge in [-0.05, 0) is 24.0 Å². The van der Waals surface area contributed by atoms with Crippen LogP contribution in [0.15, 0.2) is 17.1 Å². The summed E-state index contributed by atoms with van der Waals surface area (Å²) < 4.78 is 3.06. The largest absolute Gasteiger partial charge is 0.394 e. The SMILES string of the molecule is CCC[C@@H](CO)NC(=O)Cn1nc(C(C)C)n2cc(C(C)C)cc2c1=O. The van der Waals surface area contributed by atoms with Crippen molar-refractivity contribution in [1.82, 2.24) is 19.5 Å². The van der Waals surface area contributed by atoms with Gasteiger partial charge in [-0.3, -0.25) is 14.0 Å². The molecule has 0 radical (unpaired) electrons. The van der Waals surface area contributed by atoms with E-state index in [0.29, 0.717) is 17.9 Å². The van der Waals surface area contributed by atoms with Gasteiger partial charge in [0.25, 0.3) is 5.56 Å². The van der Waals surface area contributed by atoms with Gasteiger partial charge in [-0.15, -0.1) is 0 Å². The van der Waals surface area contributed by atoms with Crippen molar-refractivity contribution in [2.45, 2.75) is 71.9 Å². The van der Waals surface area contributed by atoms with Gasteiger partial charge in [0.1, 0.15) is 17.9 Å². The van der Waals surface area contributed by atoms with Gasteiger partial charge < -0.3 is 10.4 Å². The number of carbonyl (C=O) groups excluding carboxylic acids is 1. The molecular formula is C19H30N4O3. The van der Waals surface area contributed by atoms with E-state index in [0.717, 1.165) is 17.8 Å². The fourth-order valence-electron chi connectivity index (χ4n) is 2.97. The molecule has 2 aromatic heterocycles. The Morgan fingerprint density at radius 2 is 1.96 bits per heavy atom. The Kier molecular flexibility index (Phi) is 6.58. The summed E-state index contributed by atoms with van der Waals surface area (Å²) in [6.45, 7) is 9.89. The minimum Gasteiger partial charge on any atom is -0.394 e. The molecule has 0 aliphatic carbocycles. The highest BCUT2D eigenvalue weighted by Crippen LogP contribution is 2.20. The predicted octanol–water partition coefficient (Wildman–Crippen LogP) is 2.02. The van der Waals surface area contributed by atoms with E-state index < -0.39 is 0 Å². The van der Waals surface area contributed by atoms with E-state index in [1.54, 1.807) is 0 Å². The lowest BCUT2D eigenvalue weighted by molar-refractivity contribution is -0.123. The highest BCUT2D eigenvalue weighted by Gasteiger charge is 2.18. The van der Waals surface area contributed by atoms with E-state index in [-0.39, 0.29) is 36.6 Å². The first-order valence-electron chi connectivity index (χ1n) is 9.31. The van der Waals surface area contributed by atoms with Crippen LogP contribution in [0.3, 0.4) is 0 Å². The summed E-state index contributed by atoms with van der Waals surface area (Å²) in [5, 5.41) is 16.5. The van der Waals surface area contributed by atoms with E-state index >= 15 is 0 Å². The van der Waals surface area contributed by atoms with Gasteiger partial charge in [0.05, 0.1) is 12.6 Å². The first-order valence-corrected chi connectivity index (χ1v) is 9.31. The standard InChI is InChI=1S/C19H30N4O3/c1-6-7-15(11-24)20-17(25)10-23-19(26)16-8-14(12(2)3)9-22(16)18(21-23)13(4)5/h8-9,12-13,15,24H,6-7,10-11H2,1-5H3,(H,20,25)/t15-/m0/s1. The number of aliphatic hydroxyl groups is 1. The summed E-state index contributed by atoms with van der Waals surface area (Å²) in [6.07, 6.45) is 3.50. The highest BCUT2D eigenvalue weighted by molar-refractivity contribution is 5.76. The number of hydrogen-bond donors (Lipinski definition) is 2. The van der Waals surface area contributed by atoms with Gasteiger partial charge in [-0.1, -0.05) is 41.0 Å². The van der Waals surface area contributed by atoms with Crippen molar-refractivity contribution in [1.29, 1.82) is 0 Å². The van der Waals surface area contributed by atoms with E-state index in [9.17, 15) is 14.7 Å². The fourth-order valence-corrected chi connectivity index (χ4v) is 2.97. The predicted molar refractivity (Wildman–Crippen MR) is 102 cm³/mol. The molecule has 0 aliphatic rings. The van der Waals surface area contributed by atoms with Crippen LogP contribution in [0.2, 0.25) is 0 Å². The zero-order valence-corrected chi connectivity index (χ0v) is 16.3. The molecule has 26 heavy (non-hydrogen) atoms. The second-order valence-corrected chi connectivity index (χ2v) is 7.39. The van der Waals surface area contributed by atoms with Crippen LogP contribution in [0.25, 0.3) is 5.52 Å². The van der Waals surface area contributed by atoms with Crippen LogP contribution >= 0.6 is 0 Å². The molecule has 2 N–H and O–H groups in total. The maximum atomic E-state index is 12.8. The molecule has 0 saturated carbocycles. The summed E-state index contributed by atoms with van der Waals surface area (Å²) >= 11 is 0. The van der Waals surface area contributed by atoms with Gasteiger partial charge in [-0.25, -0.2) is 4.68 Å². The summed E-state index contributed by atoms with van der Waals surface area (Å²) in [5.74, 6) is 0.823. The third-order valence-corrected chi connectivity index (χ3v) is 4.46. The normalized spacial score (nSPS) is 12.9. The summed E-state index contributed by atoms with van der Waals surface area (Å²) in [7, 11) is 0. The number of hydrogen-bond acceptors (Lipinski definition) is 4. The zero-order valence-electron chi connectivity index (χ0n) is 16.3. The molecule has 0 fully saturated rings. The molecule has 0 aromatic carbocycles. The maximum absolute atomic E-state index is 12.8. The van der Waals surface area contributed by atoms with E-state index in [4.69, 9.17) is 0 Å². The Bertz CT molecular complexity index is 820. The zero-order chi connectivity index (χ0) is 19.4. The number of nitrogens with zero attached hydrogens (tertiary/aromatic N) is 3. The summed E-state index contributed by atoms with van der Waals surface area (Å²) in [5.41, 5.74) is 1.32. The number of amides is 1. The molecule has 0 unspecified atom stereocenters. The quantitative estimate of drug-likeness (QED) is 0.752. The molecule has 2 rings (SSSR count). The highest BCUT2D eigenvalue weighted by atomic mass is 16.3. The minimum atomic E-state index is -0.318. The average molecular weight is 362 g/mol. The molecule has 0 aliphatic heterocycles. The molecule has 0 saturated heterocycles. The van der Waals surface area contributed by atoms with Crippen molar-refractivity contribution in [2.24, 2.45) is 0 Å². The summed E-state index contributed by atoms with van der Waals surface area (Å²) in [6, 6.07) is 1.58. The molecule has 1 amide bonds. The Morgan fingerprint density at radius 1 is 1.27 bits per heavy atom. The Morgan fingerprint density at radius 3 is 2.50 bits per heavy atom. The van der Waals surface area contributed by atoms with Crippen molar-refractivity contribution in [3.05, 3.63) is 34.0 Å². The van der Waals surface area contributed by atoms with Crippen molar-refractivity contribution >= 4 is 11.4 Å². The van der Waals surface area contributed by atoms with Crippen molar-refractivity contribution in [3.63, 3.8) is 0 Å². The lowest BCUT2D eigenvalue weighted by atomic mass is 10.1. The number of rotatable bonds is 8. The molecule has 7 nitrogen and oxygen atoms in total. The Labute approximate surface area is 154 Å². The molecule has 1 atom stereocenters. The number of nitrogens with one attached hydrogen (secondary N) is 1. The third kappa shape index (κ3) is 4.33. The molecular weight excluding hydrogens is 332 g/mol. The number of fused-ring (bicyclic) bond motifs is 1. The molecule has 0 bridgehead atoms.